The molecule has 75 heavy (non-hydrogen) atoms. The van der Waals surface area contributed by atoms with E-state index in [4.69, 9.17) is 30.5 Å². The first-order valence-corrected chi connectivity index (χ1v) is 25.4. The molecule has 0 bridgehead atoms. The molecule has 6 heterocycles. The number of hydrogen-bond acceptors (Lipinski definition) is 14. The summed E-state index contributed by atoms with van der Waals surface area (Å²) in [5, 5.41) is 20.4. The molecule has 2 fully saturated rings. The van der Waals surface area contributed by atoms with Gasteiger partial charge in [0.25, 0.3) is 0 Å². The van der Waals surface area contributed by atoms with E-state index < -0.39 is 0 Å². The summed E-state index contributed by atoms with van der Waals surface area (Å²) in [6, 6.07) is 35.0. The lowest BCUT2D eigenvalue weighted by molar-refractivity contribution is 0.0758. The Labute approximate surface area is 442 Å². The molecule has 18 nitrogen and oxygen atoms in total. The molecule has 4 aromatic carbocycles. The quantitative estimate of drug-likeness (QED) is 0.115. The molecule has 2 atom stereocenters. The Bertz CT molecular complexity index is 3160. The summed E-state index contributed by atoms with van der Waals surface area (Å²) in [5.41, 5.74) is 6.14. The second-order valence-corrected chi connectivity index (χ2v) is 20.7. The molecule has 392 valence electrons. The van der Waals surface area contributed by atoms with Crippen molar-refractivity contribution in [2.45, 2.75) is 91.9 Å². The van der Waals surface area contributed by atoms with Crippen LogP contribution in [0.4, 0.5) is 15.4 Å². The van der Waals surface area contributed by atoms with Crippen molar-refractivity contribution in [1.29, 1.82) is 0 Å². The van der Waals surface area contributed by atoms with E-state index in [1.165, 1.54) is 6.33 Å². The van der Waals surface area contributed by atoms with Crippen LogP contribution in [-0.2, 0) is 22.7 Å². The molecule has 0 radical (unpaired) electrons. The minimum Gasteiger partial charge on any atom is -0.488 e. The van der Waals surface area contributed by atoms with E-state index in [1.807, 2.05) is 159 Å². The summed E-state index contributed by atoms with van der Waals surface area (Å²) >= 11 is 5.92. The van der Waals surface area contributed by atoms with E-state index in [0.29, 0.717) is 37.1 Å². The number of ether oxygens (including phenoxy) is 4. The Morgan fingerprint density at radius 3 is 1.61 bits per heavy atom. The van der Waals surface area contributed by atoms with Gasteiger partial charge in [0.2, 0.25) is 0 Å². The van der Waals surface area contributed by atoms with Gasteiger partial charge in [0, 0.05) is 74.3 Å². The summed E-state index contributed by atoms with van der Waals surface area (Å²) < 4.78 is 22.8. The molecule has 3 N–H and O–H groups in total. The first-order chi connectivity index (χ1) is 36.0. The van der Waals surface area contributed by atoms with Gasteiger partial charge in [0.05, 0.1) is 22.4 Å². The lowest BCUT2D eigenvalue weighted by atomic mass is 10.1. The van der Waals surface area contributed by atoms with E-state index in [-0.39, 0.29) is 42.1 Å². The molecule has 0 unspecified atom stereocenters. The molecule has 0 aliphatic carbocycles. The highest BCUT2D eigenvalue weighted by atomic mass is 35.5. The van der Waals surface area contributed by atoms with Crippen LogP contribution in [0.15, 0.2) is 122 Å². The van der Waals surface area contributed by atoms with E-state index in [9.17, 15) is 9.59 Å². The minimum atomic E-state index is -0.299. The molecule has 8 aromatic rings. The number of benzene rings is 4. The van der Waals surface area contributed by atoms with Crippen molar-refractivity contribution in [1.82, 2.24) is 55.4 Å². The third-order valence-electron chi connectivity index (χ3n) is 12.0. The maximum absolute atomic E-state index is 12.7. The highest BCUT2D eigenvalue weighted by Gasteiger charge is 2.30. The number of piperazine rings is 2. The van der Waals surface area contributed by atoms with Crippen LogP contribution in [0.1, 0.15) is 66.5 Å². The van der Waals surface area contributed by atoms with Crippen molar-refractivity contribution in [2.24, 2.45) is 0 Å². The van der Waals surface area contributed by atoms with Crippen LogP contribution in [-0.4, -0.2) is 125 Å². The SMILES string of the molecule is CC(C)(C)Oc1ccc2[nH]nc(-c3cc(Cl)ncn3)c2c1.C[C@H]1CN(c2cc(-c3n[nH]c4ccc(OC(C)(C)C)cc34)ncn2)CCN1C(=O)OCc1ccccc1.C[C@H]1CNCCN1C(=O)OCc1ccccc1. The number of halogens is 1. The van der Waals surface area contributed by atoms with Crippen molar-refractivity contribution < 1.29 is 28.5 Å². The Morgan fingerprint density at radius 1 is 0.613 bits per heavy atom. The van der Waals surface area contributed by atoms with Crippen LogP contribution in [0.2, 0.25) is 5.15 Å². The third-order valence-corrected chi connectivity index (χ3v) is 12.2. The van der Waals surface area contributed by atoms with E-state index in [2.05, 4.69) is 50.5 Å². The first kappa shape index (κ1) is 53.5. The number of nitrogens with one attached hydrogen (secondary N) is 3. The Hall–Kier alpha value is -7.83. The maximum Gasteiger partial charge on any atom is 0.410 e. The molecule has 0 saturated carbocycles. The zero-order valence-corrected chi connectivity index (χ0v) is 44.5. The first-order valence-electron chi connectivity index (χ1n) is 25.0. The van der Waals surface area contributed by atoms with Gasteiger partial charge in [-0.3, -0.25) is 10.2 Å². The number of rotatable bonds is 9. The van der Waals surface area contributed by atoms with Gasteiger partial charge >= 0.3 is 12.2 Å². The van der Waals surface area contributed by atoms with Crippen LogP contribution in [0.5, 0.6) is 11.5 Å². The lowest BCUT2D eigenvalue weighted by Gasteiger charge is -2.39. The zero-order valence-electron chi connectivity index (χ0n) is 43.7. The van der Waals surface area contributed by atoms with Gasteiger partial charge < -0.3 is 39.0 Å². The molecular formula is C56H65ClN12O6. The Kier molecular flexibility index (Phi) is 17.1. The van der Waals surface area contributed by atoms with Gasteiger partial charge in [-0.05, 0) is 103 Å². The molecule has 2 saturated heterocycles. The summed E-state index contributed by atoms with van der Waals surface area (Å²) in [7, 11) is 0. The zero-order chi connectivity index (χ0) is 53.1. The molecule has 4 aromatic heterocycles. The monoisotopic (exact) mass is 1040 g/mol. The number of H-pyrrole nitrogens is 2. The second-order valence-electron chi connectivity index (χ2n) is 20.3. The Balaban J connectivity index is 0.000000165. The van der Waals surface area contributed by atoms with Crippen molar-refractivity contribution >= 4 is 51.4 Å². The van der Waals surface area contributed by atoms with Crippen molar-refractivity contribution in [3.8, 4) is 34.3 Å². The van der Waals surface area contributed by atoms with Crippen LogP contribution in [0, 0.1) is 0 Å². The molecule has 2 aliphatic rings. The van der Waals surface area contributed by atoms with Gasteiger partial charge in [0.1, 0.15) is 70.9 Å². The fourth-order valence-electron chi connectivity index (χ4n) is 8.48. The smallest absolute Gasteiger partial charge is 0.410 e. The molecular weight excluding hydrogens is 972 g/mol. The normalized spacial score (nSPS) is 15.8. The average molecular weight is 1040 g/mol. The van der Waals surface area contributed by atoms with Gasteiger partial charge in [-0.25, -0.2) is 29.5 Å². The van der Waals surface area contributed by atoms with Crippen molar-refractivity contribution in [3.63, 3.8) is 0 Å². The molecule has 19 heteroatoms. The van der Waals surface area contributed by atoms with Crippen LogP contribution in [0.25, 0.3) is 44.6 Å². The molecule has 2 aliphatic heterocycles. The topological polar surface area (TPSA) is 202 Å². The van der Waals surface area contributed by atoms with Gasteiger partial charge in [-0.1, -0.05) is 72.3 Å². The number of nitrogens with zero attached hydrogens (tertiary/aromatic N) is 9. The predicted molar refractivity (Wildman–Crippen MR) is 291 cm³/mol. The molecule has 2 amide bonds. The lowest BCUT2D eigenvalue weighted by Crippen LogP contribution is -2.54. The Morgan fingerprint density at radius 2 is 1.12 bits per heavy atom. The number of aromatic nitrogens is 8. The van der Waals surface area contributed by atoms with E-state index >= 15 is 0 Å². The van der Waals surface area contributed by atoms with E-state index in [0.717, 1.165) is 87.0 Å². The average Bonchev–Trinajstić information content (AvgIpc) is 4.02. The fourth-order valence-corrected chi connectivity index (χ4v) is 8.62. The van der Waals surface area contributed by atoms with Gasteiger partial charge in [-0.15, -0.1) is 0 Å². The van der Waals surface area contributed by atoms with E-state index in [1.54, 1.807) is 22.2 Å². The predicted octanol–water partition coefficient (Wildman–Crippen LogP) is 10.5. The molecule has 0 spiro atoms. The fraction of sp³-hybridized carbons (Fsp3) is 0.357. The maximum atomic E-state index is 12.7. The number of hydrogen-bond donors (Lipinski definition) is 3. The summed E-state index contributed by atoms with van der Waals surface area (Å²) in [4.78, 5) is 47.4. The number of carbonyl (C=O) groups is 2. The van der Waals surface area contributed by atoms with Gasteiger partial charge in [-0.2, -0.15) is 10.2 Å². The summed E-state index contributed by atoms with van der Waals surface area (Å²) in [6.45, 7) is 21.0. The van der Waals surface area contributed by atoms with Crippen molar-refractivity contribution in [3.05, 3.63) is 138 Å². The third kappa shape index (κ3) is 14.7. The molecule has 10 rings (SSSR count). The summed E-state index contributed by atoms with van der Waals surface area (Å²) in [6.07, 6.45) is 2.47. The van der Waals surface area contributed by atoms with Gasteiger partial charge in [0.15, 0.2) is 0 Å². The number of amides is 2. The van der Waals surface area contributed by atoms with Crippen LogP contribution < -0.4 is 19.7 Å². The second kappa shape index (κ2) is 24.0. The van der Waals surface area contributed by atoms with Crippen LogP contribution >= 0.6 is 11.6 Å². The number of anilines is 1. The minimum absolute atomic E-state index is 0.0289. The van der Waals surface area contributed by atoms with Crippen molar-refractivity contribution in [2.75, 3.05) is 44.2 Å². The van der Waals surface area contributed by atoms with Crippen LogP contribution in [0.3, 0.4) is 0 Å². The highest BCUT2D eigenvalue weighted by molar-refractivity contribution is 6.29. The largest absolute Gasteiger partial charge is 0.488 e. The highest BCUT2D eigenvalue weighted by Crippen LogP contribution is 2.32. The standard InChI is InChI=1S/C28H32N6O3.C15H15ClN4O.C13H18N2O2/c1-19-16-33(12-13-34(19)27(35)36-17-20-8-6-5-7-9-20)25-15-24(29-18-30-25)26-22-14-21(37-28(2,3)4)10-11-23(22)31-32-26;1-15(2,3)21-9-4-5-11-10(6-9)14(20-19-11)12-7-13(16)18-8-17-12;1-11-9-14-7-8-15(11)13(16)17-10-12-5-3-2-4-6-12/h5-11,14-15,18-19H,12-13,16-17H2,1-4H3,(H,31,32);4-8H,1-3H3,(H,19,20);2-6,11,14H,7-10H2,1H3/t19-;;11-/m0.0/s1. The number of aromatic amines is 2. The number of carbonyl (C=O) groups excluding carboxylic acids is 2. The summed E-state index contributed by atoms with van der Waals surface area (Å²) in [5.74, 6) is 2.37. The number of fused-ring (bicyclic) bond motifs is 2.